The van der Waals surface area contributed by atoms with E-state index in [1.54, 1.807) is 0 Å². The monoisotopic (exact) mass is 184 g/mol. The third kappa shape index (κ3) is 8.00. The lowest BCUT2D eigenvalue weighted by Gasteiger charge is -2.20. The largest absolute Gasteiger partial charge is 0.315 e. The number of rotatable bonds is 7. The van der Waals surface area contributed by atoms with Crippen molar-refractivity contribution in [3.63, 3.8) is 0 Å². The highest BCUT2D eigenvalue weighted by Gasteiger charge is 2.00. The highest BCUT2D eigenvalue weighted by Crippen LogP contribution is 1.93. The molecule has 0 aromatic carbocycles. The van der Waals surface area contributed by atoms with E-state index in [0.29, 0.717) is 6.04 Å². The molecule has 0 aliphatic carbocycles. The topological polar surface area (TPSA) is 15.3 Å². The molecule has 0 aliphatic rings. The van der Waals surface area contributed by atoms with E-state index in [-0.39, 0.29) is 0 Å². The Morgan fingerprint density at radius 1 is 1.38 bits per heavy atom. The maximum Gasteiger partial charge on any atom is 0.0106 e. The smallest absolute Gasteiger partial charge is 0.0106 e. The van der Waals surface area contributed by atoms with Crippen LogP contribution in [0.1, 0.15) is 27.2 Å². The molecule has 0 aliphatic heterocycles. The van der Waals surface area contributed by atoms with Gasteiger partial charge in [0.2, 0.25) is 0 Å². The first kappa shape index (κ1) is 12.7. The zero-order valence-electron chi connectivity index (χ0n) is 9.56. The lowest BCUT2D eigenvalue weighted by Crippen LogP contribution is -2.34. The first-order chi connectivity index (χ1) is 6.04. The van der Waals surface area contributed by atoms with Crippen LogP contribution in [0.5, 0.6) is 0 Å². The lowest BCUT2D eigenvalue weighted by molar-refractivity contribution is 0.274. The van der Waals surface area contributed by atoms with Crippen LogP contribution in [0.3, 0.4) is 0 Å². The van der Waals surface area contributed by atoms with Gasteiger partial charge in [0.25, 0.3) is 0 Å². The van der Waals surface area contributed by atoms with Crippen LogP contribution in [0.2, 0.25) is 0 Å². The second-order valence-electron chi connectivity index (χ2n) is 4.03. The normalized spacial score (nSPS) is 11.2. The van der Waals surface area contributed by atoms with Crippen molar-refractivity contribution >= 4 is 0 Å². The molecule has 0 saturated carbocycles. The number of nitrogens with one attached hydrogen (secondary N) is 1. The van der Waals surface area contributed by atoms with Gasteiger partial charge < -0.3 is 10.2 Å². The Morgan fingerprint density at radius 2 is 2.00 bits per heavy atom. The molecule has 13 heavy (non-hydrogen) atoms. The predicted octanol–water partition coefficient (Wildman–Crippen LogP) is 1.88. The fraction of sp³-hybridized carbons (Fsp3) is 0.818. The van der Waals surface area contributed by atoms with Gasteiger partial charge >= 0.3 is 0 Å². The lowest BCUT2D eigenvalue weighted by atomic mass is 10.2. The summed E-state index contributed by atoms with van der Waals surface area (Å²) < 4.78 is 0. The summed E-state index contributed by atoms with van der Waals surface area (Å²) in [6, 6.07) is 0.642. The van der Waals surface area contributed by atoms with Crippen molar-refractivity contribution in [3.05, 3.63) is 12.2 Å². The molecule has 78 valence electrons. The fourth-order valence-electron chi connectivity index (χ4n) is 0.940. The van der Waals surface area contributed by atoms with Crippen molar-refractivity contribution in [2.45, 2.75) is 33.2 Å². The maximum atomic E-state index is 3.87. The van der Waals surface area contributed by atoms with Crippen molar-refractivity contribution in [1.29, 1.82) is 0 Å². The Balaban J connectivity index is 3.21. The van der Waals surface area contributed by atoms with E-state index < -0.39 is 0 Å². The molecule has 0 aromatic heterocycles. The van der Waals surface area contributed by atoms with Crippen LogP contribution in [0.25, 0.3) is 0 Å². The average molecular weight is 184 g/mol. The van der Waals surface area contributed by atoms with Gasteiger partial charge in [0.05, 0.1) is 0 Å². The molecule has 0 fully saturated rings. The third-order valence-corrected chi connectivity index (χ3v) is 2.25. The van der Waals surface area contributed by atoms with Crippen LogP contribution in [-0.4, -0.2) is 37.6 Å². The zero-order valence-corrected chi connectivity index (χ0v) is 9.56. The van der Waals surface area contributed by atoms with Gasteiger partial charge in [0.15, 0.2) is 0 Å². The summed E-state index contributed by atoms with van der Waals surface area (Å²) in [5.41, 5.74) is 1.25. The van der Waals surface area contributed by atoms with E-state index in [9.17, 15) is 0 Å². The second kappa shape index (κ2) is 7.10. The summed E-state index contributed by atoms with van der Waals surface area (Å²) in [6.07, 6.45) is 1.09. The molecule has 0 heterocycles. The maximum absolute atomic E-state index is 3.87. The molecular weight excluding hydrogens is 160 g/mol. The van der Waals surface area contributed by atoms with Gasteiger partial charge in [-0.05, 0) is 40.8 Å². The summed E-state index contributed by atoms with van der Waals surface area (Å²) in [5, 5.41) is 3.40. The van der Waals surface area contributed by atoms with Gasteiger partial charge in [-0.3, -0.25) is 0 Å². The molecule has 0 atom stereocenters. The summed E-state index contributed by atoms with van der Waals surface area (Å²) in [6.45, 7) is 13.6. The van der Waals surface area contributed by atoms with E-state index in [1.165, 1.54) is 5.57 Å². The van der Waals surface area contributed by atoms with Crippen molar-refractivity contribution in [2.24, 2.45) is 0 Å². The Bertz CT molecular complexity index is 141. The minimum Gasteiger partial charge on any atom is -0.315 e. The second-order valence-corrected chi connectivity index (χ2v) is 4.03. The summed E-state index contributed by atoms with van der Waals surface area (Å²) in [5.74, 6) is 0. The van der Waals surface area contributed by atoms with Crippen LogP contribution >= 0.6 is 0 Å². The van der Waals surface area contributed by atoms with Crippen molar-refractivity contribution in [1.82, 2.24) is 10.2 Å². The highest BCUT2D eigenvalue weighted by molar-refractivity contribution is 4.88. The number of hydrogen-bond acceptors (Lipinski definition) is 2. The van der Waals surface area contributed by atoms with Crippen LogP contribution in [0.15, 0.2) is 12.2 Å². The Morgan fingerprint density at radius 3 is 2.46 bits per heavy atom. The summed E-state index contributed by atoms with van der Waals surface area (Å²) in [4.78, 5) is 2.34. The quantitative estimate of drug-likeness (QED) is 0.480. The molecule has 0 amide bonds. The molecular formula is C11H24N2. The van der Waals surface area contributed by atoms with Crippen molar-refractivity contribution in [2.75, 3.05) is 26.7 Å². The molecule has 2 nitrogen and oxygen atoms in total. The molecule has 0 rings (SSSR count). The molecule has 1 N–H and O–H groups in total. The van der Waals surface area contributed by atoms with Gasteiger partial charge in [-0.1, -0.05) is 5.57 Å². The summed E-state index contributed by atoms with van der Waals surface area (Å²) >= 11 is 0. The van der Waals surface area contributed by atoms with Crippen LogP contribution < -0.4 is 5.32 Å². The first-order valence-electron chi connectivity index (χ1n) is 5.09. The molecule has 0 spiro atoms. The standard InChI is InChI=1S/C11H24N2/c1-10(2)6-7-12-8-9-13(5)11(3)4/h11-12H,1,6-9H2,2-5H3. The van der Waals surface area contributed by atoms with Gasteiger partial charge in [-0.25, -0.2) is 0 Å². The summed E-state index contributed by atoms with van der Waals surface area (Å²) in [7, 11) is 2.16. The molecule has 2 heteroatoms. The highest BCUT2D eigenvalue weighted by atomic mass is 15.1. The van der Waals surface area contributed by atoms with Crippen molar-refractivity contribution in [3.8, 4) is 0 Å². The number of nitrogens with zero attached hydrogens (tertiary/aromatic N) is 1. The molecule has 0 unspecified atom stereocenters. The zero-order chi connectivity index (χ0) is 10.3. The minimum absolute atomic E-state index is 0.642. The Hall–Kier alpha value is -0.340. The Kier molecular flexibility index (Phi) is 6.92. The van der Waals surface area contributed by atoms with Gasteiger partial charge in [0.1, 0.15) is 0 Å². The number of hydrogen-bond donors (Lipinski definition) is 1. The predicted molar refractivity (Wildman–Crippen MR) is 60.1 cm³/mol. The van der Waals surface area contributed by atoms with Crippen LogP contribution in [-0.2, 0) is 0 Å². The van der Waals surface area contributed by atoms with Crippen LogP contribution in [0.4, 0.5) is 0 Å². The van der Waals surface area contributed by atoms with Crippen molar-refractivity contribution < 1.29 is 0 Å². The fourth-order valence-corrected chi connectivity index (χ4v) is 0.940. The molecule has 0 bridgehead atoms. The molecule has 0 saturated heterocycles. The van der Waals surface area contributed by atoms with Crippen LogP contribution in [0, 0.1) is 0 Å². The van der Waals surface area contributed by atoms with E-state index >= 15 is 0 Å². The molecule has 0 aromatic rings. The molecule has 0 radical (unpaired) electrons. The van der Waals surface area contributed by atoms with E-state index in [2.05, 4.69) is 44.6 Å². The van der Waals surface area contributed by atoms with E-state index in [4.69, 9.17) is 0 Å². The Labute approximate surface area is 83.0 Å². The number of likely N-dealkylation sites (N-methyl/N-ethyl adjacent to an activating group) is 1. The van der Waals surface area contributed by atoms with Gasteiger partial charge in [0, 0.05) is 19.1 Å². The van der Waals surface area contributed by atoms with Gasteiger partial charge in [-0.2, -0.15) is 0 Å². The first-order valence-corrected chi connectivity index (χ1v) is 5.09. The average Bonchev–Trinajstić information content (AvgIpc) is 2.02. The van der Waals surface area contributed by atoms with Gasteiger partial charge in [-0.15, -0.1) is 6.58 Å². The minimum atomic E-state index is 0.642. The SMILES string of the molecule is C=C(C)CCNCCN(C)C(C)C. The van der Waals surface area contributed by atoms with E-state index in [1.807, 2.05) is 0 Å². The third-order valence-electron chi connectivity index (χ3n) is 2.25. The van der Waals surface area contributed by atoms with E-state index in [0.717, 1.165) is 26.1 Å².